The van der Waals surface area contributed by atoms with Crippen molar-refractivity contribution in [2.75, 3.05) is 20.1 Å². The standard InChI is InChI=1S/C19H26N4S/c1-15-21-13-18(24-15)14-22-19(20-2)23-10-8-17(9-11-23)12-16-6-4-3-5-7-16/h3-7,13,17H,8-12,14H2,1-2H3,(H,20,22). The second-order valence-corrected chi connectivity index (χ2v) is 7.69. The highest BCUT2D eigenvalue weighted by molar-refractivity contribution is 7.11. The maximum Gasteiger partial charge on any atom is 0.193 e. The lowest BCUT2D eigenvalue weighted by Gasteiger charge is -2.34. The van der Waals surface area contributed by atoms with Gasteiger partial charge in [0.1, 0.15) is 0 Å². The minimum absolute atomic E-state index is 0.783. The van der Waals surface area contributed by atoms with Crippen LogP contribution in [-0.2, 0) is 13.0 Å². The van der Waals surface area contributed by atoms with E-state index in [0.717, 1.165) is 36.5 Å². The minimum Gasteiger partial charge on any atom is -0.351 e. The average molecular weight is 343 g/mol. The number of piperidine rings is 1. The number of aliphatic imine (C=N–C) groups is 1. The largest absolute Gasteiger partial charge is 0.351 e. The van der Waals surface area contributed by atoms with E-state index in [0.29, 0.717) is 0 Å². The molecule has 3 rings (SSSR count). The molecule has 1 fully saturated rings. The minimum atomic E-state index is 0.783. The molecule has 1 aliphatic rings. The molecule has 0 unspecified atom stereocenters. The van der Waals surface area contributed by atoms with Crippen LogP contribution < -0.4 is 5.32 Å². The summed E-state index contributed by atoms with van der Waals surface area (Å²) < 4.78 is 0. The quantitative estimate of drug-likeness (QED) is 0.683. The van der Waals surface area contributed by atoms with Gasteiger partial charge in [0.05, 0.1) is 11.6 Å². The zero-order valence-corrected chi connectivity index (χ0v) is 15.4. The van der Waals surface area contributed by atoms with E-state index in [-0.39, 0.29) is 0 Å². The second kappa shape index (κ2) is 8.29. The molecule has 0 atom stereocenters. The van der Waals surface area contributed by atoms with E-state index in [1.807, 2.05) is 20.2 Å². The van der Waals surface area contributed by atoms with Crippen LogP contribution >= 0.6 is 11.3 Å². The van der Waals surface area contributed by atoms with Crippen LogP contribution in [-0.4, -0.2) is 36.0 Å². The molecule has 0 radical (unpaired) electrons. The zero-order valence-electron chi connectivity index (χ0n) is 14.5. The van der Waals surface area contributed by atoms with Gasteiger partial charge in [0.25, 0.3) is 0 Å². The number of aryl methyl sites for hydroxylation is 1. The first kappa shape index (κ1) is 17.0. The first-order valence-corrected chi connectivity index (χ1v) is 9.47. The Balaban J connectivity index is 1.47. The topological polar surface area (TPSA) is 40.5 Å². The van der Waals surface area contributed by atoms with Gasteiger partial charge in [0.2, 0.25) is 0 Å². The predicted molar refractivity (Wildman–Crippen MR) is 101 cm³/mol. The third kappa shape index (κ3) is 4.57. The van der Waals surface area contributed by atoms with Gasteiger partial charge in [-0.2, -0.15) is 0 Å². The highest BCUT2D eigenvalue weighted by Crippen LogP contribution is 2.21. The molecule has 0 aliphatic carbocycles. The molecule has 5 heteroatoms. The summed E-state index contributed by atoms with van der Waals surface area (Å²) in [6.45, 7) is 5.01. The Morgan fingerprint density at radius 1 is 1.29 bits per heavy atom. The molecule has 1 N–H and O–H groups in total. The summed E-state index contributed by atoms with van der Waals surface area (Å²) in [5, 5.41) is 4.59. The van der Waals surface area contributed by atoms with Crippen LogP contribution in [0.2, 0.25) is 0 Å². The Labute approximate surface area is 148 Å². The zero-order chi connectivity index (χ0) is 16.8. The van der Waals surface area contributed by atoms with Crippen molar-refractivity contribution in [1.82, 2.24) is 15.2 Å². The van der Waals surface area contributed by atoms with E-state index in [2.05, 4.69) is 50.5 Å². The van der Waals surface area contributed by atoms with E-state index in [1.54, 1.807) is 11.3 Å². The fourth-order valence-corrected chi connectivity index (χ4v) is 4.02. The van der Waals surface area contributed by atoms with Crippen LogP contribution in [0.4, 0.5) is 0 Å². The summed E-state index contributed by atoms with van der Waals surface area (Å²) >= 11 is 1.74. The van der Waals surface area contributed by atoms with Crippen molar-refractivity contribution in [2.24, 2.45) is 10.9 Å². The van der Waals surface area contributed by atoms with E-state index < -0.39 is 0 Å². The van der Waals surface area contributed by atoms with Crippen molar-refractivity contribution in [2.45, 2.75) is 32.7 Å². The van der Waals surface area contributed by atoms with Gasteiger partial charge in [0.15, 0.2) is 5.96 Å². The Hall–Kier alpha value is -1.88. The molecule has 1 aromatic heterocycles. The van der Waals surface area contributed by atoms with Crippen LogP contribution in [0.5, 0.6) is 0 Å². The maximum absolute atomic E-state index is 4.46. The monoisotopic (exact) mass is 342 g/mol. The average Bonchev–Trinajstić information content (AvgIpc) is 3.03. The molecular weight excluding hydrogens is 316 g/mol. The molecule has 4 nitrogen and oxygen atoms in total. The number of thiazole rings is 1. The number of nitrogens with one attached hydrogen (secondary N) is 1. The van der Waals surface area contributed by atoms with Crippen molar-refractivity contribution in [1.29, 1.82) is 0 Å². The van der Waals surface area contributed by atoms with Crippen LogP contribution in [0.1, 0.15) is 28.3 Å². The molecule has 128 valence electrons. The van der Waals surface area contributed by atoms with Crippen molar-refractivity contribution >= 4 is 17.3 Å². The number of rotatable bonds is 4. The van der Waals surface area contributed by atoms with Crippen LogP contribution in [0, 0.1) is 12.8 Å². The summed E-state index contributed by atoms with van der Waals surface area (Å²) in [6.07, 6.45) is 5.61. The molecule has 1 saturated heterocycles. The predicted octanol–water partition coefficient (Wildman–Crippen LogP) is 3.48. The Kier molecular flexibility index (Phi) is 5.86. The van der Waals surface area contributed by atoms with Gasteiger partial charge < -0.3 is 10.2 Å². The van der Waals surface area contributed by atoms with Gasteiger partial charge in [-0.3, -0.25) is 4.99 Å². The number of hydrogen-bond acceptors (Lipinski definition) is 3. The highest BCUT2D eigenvalue weighted by atomic mass is 32.1. The van der Waals surface area contributed by atoms with Gasteiger partial charge in [0, 0.05) is 31.2 Å². The number of guanidine groups is 1. The molecule has 0 bridgehead atoms. The summed E-state index contributed by atoms with van der Waals surface area (Å²) in [5.74, 6) is 1.80. The molecular formula is C19H26N4S. The lowest BCUT2D eigenvalue weighted by atomic mass is 9.90. The fourth-order valence-electron chi connectivity index (χ4n) is 3.28. The molecule has 2 aromatic rings. The first-order chi connectivity index (χ1) is 11.7. The maximum atomic E-state index is 4.46. The van der Waals surface area contributed by atoms with Gasteiger partial charge in [-0.05, 0) is 37.7 Å². The van der Waals surface area contributed by atoms with E-state index in [4.69, 9.17) is 0 Å². The number of likely N-dealkylation sites (tertiary alicyclic amines) is 1. The lowest BCUT2D eigenvalue weighted by molar-refractivity contribution is 0.259. The van der Waals surface area contributed by atoms with E-state index >= 15 is 0 Å². The van der Waals surface area contributed by atoms with Crippen LogP contribution in [0.25, 0.3) is 0 Å². The summed E-state index contributed by atoms with van der Waals surface area (Å²) in [5.41, 5.74) is 1.46. The molecule has 1 aliphatic heterocycles. The van der Waals surface area contributed by atoms with Crippen molar-refractivity contribution < 1.29 is 0 Å². The van der Waals surface area contributed by atoms with Gasteiger partial charge >= 0.3 is 0 Å². The molecule has 0 amide bonds. The Morgan fingerprint density at radius 3 is 2.67 bits per heavy atom. The van der Waals surface area contributed by atoms with E-state index in [9.17, 15) is 0 Å². The third-order valence-electron chi connectivity index (χ3n) is 4.58. The van der Waals surface area contributed by atoms with E-state index in [1.165, 1.54) is 29.7 Å². The molecule has 1 aromatic carbocycles. The Bertz CT molecular complexity index is 657. The summed E-state index contributed by atoms with van der Waals surface area (Å²) in [6, 6.07) is 10.8. The SMILES string of the molecule is CN=C(NCc1cnc(C)s1)N1CCC(Cc2ccccc2)CC1. The molecule has 0 saturated carbocycles. The smallest absolute Gasteiger partial charge is 0.193 e. The second-order valence-electron chi connectivity index (χ2n) is 6.37. The van der Waals surface area contributed by atoms with Crippen LogP contribution in [0.15, 0.2) is 41.5 Å². The number of nitrogens with zero attached hydrogens (tertiary/aromatic N) is 3. The normalized spacial score (nSPS) is 16.4. The Morgan fingerprint density at radius 2 is 2.04 bits per heavy atom. The molecule has 2 heterocycles. The van der Waals surface area contributed by atoms with Crippen molar-refractivity contribution in [3.63, 3.8) is 0 Å². The number of benzene rings is 1. The molecule has 0 spiro atoms. The fraction of sp³-hybridized carbons (Fsp3) is 0.474. The lowest BCUT2D eigenvalue weighted by Crippen LogP contribution is -2.45. The summed E-state index contributed by atoms with van der Waals surface area (Å²) in [7, 11) is 1.87. The first-order valence-electron chi connectivity index (χ1n) is 8.65. The number of aromatic nitrogens is 1. The van der Waals surface area contributed by atoms with Crippen molar-refractivity contribution in [3.05, 3.63) is 52.0 Å². The van der Waals surface area contributed by atoms with Gasteiger partial charge in [-0.25, -0.2) is 4.98 Å². The van der Waals surface area contributed by atoms with Gasteiger partial charge in [-0.1, -0.05) is 30.3 Å². The third-order valence-corrected chi connectivity index (χ3v) is 5.50. The van der Waals surface area contributed by atoms with Gasteiger partial charge in [-0.15, -0.1) is 11.3 Å². The summed E-state index contributed by atoms with van der Waals surface area (Å²) in [4.78, 5) is 12.4. The van der Waals surface area contributed by atoms with Crippen molar-refractivity contribution in [3.8, 4) is 0 Å². The van der Waals surface area contributed by atoms with Crippen LogP contribution in [0.3, 0.4) is 0 Å². The molecule has 24 heavy (non-hydrogen) atoms. The highest BCUT2D eigenvalue weighted by Gasteiger charge is 2.21. The number of hydrogen-bond donors (Lipinski definition) is 1.